The van der Waals surface area contributed by atoms with Gasteiger partial charge in [0.1, 0.15) is 11.8 Å². The molecule has 218 valence electrons. The molecule has 0 spiro atoms. The highest BCUT2D eigenvalue weighted by molar-refractivity contribution is 5.83. The van der Waals surface area contributed by atoms with Crippen LogP contribution in [0.3, 0.4) is 0 Å². The molecule has 0 saturated heterocycles. The van der Waals surface area contributed by atoms with E-state index < -0.39 is 0 Å². The van der Waals surface area contributed by atoms with E-state index in [0.717, 1.165) is 73.0 Å². The minimum Gasteiger partial charge on any atom is -0.492 e. The number of nitrogens with zero attached hydrogens (tertiary/aromatic N) is 1. The summed E-state index contributed by atoms with van der Waals surface area (Å²) in [6.45, 7) is 6.16. The van der Waals surface area contributed by atoms with Gasteiger partial charge in [0.15, 0.2) is 11.5 Å². The van der Waals surface area contributed by atoms with Crippen LogP contribution in [0.25, 0.3) is 0 Å². The average molecular weight is 551 g/mol. The first-order valence-electron chi connectivity index (χ1n) is 15.8. The van der Waals surface area contributed by atoms with Crippen LogP contribution in [0.2, 0.25) is 0 Å². The second-order valence-electron chi connectivity index (χ2n) is 15.0. The van der Waals surface area contributed by atoms with E-state index in [1.165, 1.54) is 24.0 Å². The summed E-state index contributed by atoms with van der Waals surface area (Å²) in [7, 11) is 6.25. The number of methoxy groups -OCH3 is 1. The van der Waals surface area contributed by atoms with Crippen molar-refractivity contribution in [1.29, 1.82) is 0 Å². The number of hydrogen-bond donors (Lipinski definition) is 1. The molecule has 2 heterocycles. The number of benzene rings is 1. The Bertz CT molecular complexity index is 1250. The third-order valence-corrected chi connectivity index (χ3v) is 12.9. The molecule has 0 amide bonds. The van der Waals surface area contributed by atoms with Crippen molar-refractivity contribution < 1.29 is 28.6 Å². The molecule has 6 heteroatoms. The highest BCUT2D eigenvalue weighted by Crippen LogP contribution is 2.66. The number of fused-ring (bicyclic) bond motifs is 7. The molecule has 7 rings (SSSR count). The van der Waals surface area contributed by atoms with Gasteiger partial charge in [0.05, 0.1) is 45.8 Å². The quantitative estimate of drug-likeness (QED) is 0.368. The number of allylic oxidation sites excluding steroid dienone is 1. The summed E-state index contributed by atoms with van der Waals surface area (Å²) >= 11 is 0. The van der Waals surface area contributed by atoms with E-state index in [0.29, 0.717) is 35.7 Å². The van der Waals surface area contributed by atoms with Gasteiger partial charge in [0.2, 0.25) is 12.5 Å². The summed E-state index contributed by atoms with van der Waals surface area (Å²) in [6.07, 6.45) is 12.5. The normalized spacial score (nSPS) is 40.8. The van der Waals surface area contributed by atoms with E-state index in [9.17, 15) is 9.90 Å². The molecule has 40 heavy (non-hydrogen) atoms. The average Bonchev–Trinajstić information content (AvgIpc) is 3.53. The first-order valence-corrected chi connectivity index (χ1v) is 15.8. The van der Waals surface area contributed by atoms with Crippen LogP contribution in [-0.2, 0) is 11.2 Å². The smallest absolute Gasteiger partial charge is 0.231 e. The van der Waals surface area contributed by atoms with Crippen molar-refractivity contribution in [2.75, 3.05) is 34.5 Å². The molecule has 6 unspecified atom stereocenters. The maximum absolute atomic E-state index is 14.4. The lowest BCUT2D eigenvalue weighted by Crippen LogP contribution is -2.52. The van der Waals surface area contributed by atoms with E-state index in [4.69, 9.17) is 14.2 Å². The van der Waals surface area contributed by atoms with Crippen molar-refractivity contribution in [1.82, 2.24) is 0 Å². The number of Topliss-reactive ketones (excluding diaryl/α,β-unsaturated/α-hetero) is 1. The van der Waals surface area contributed by atoms with Crippen LogP contribution >= 0.6 is 0 Å². The fourth-order valence-electron chi connectivity index (χ4n) is 10.6. The molecular formula is C34H48NO5+. The zero-order valence-electron chi connectivity index (χ0n) is 25.1. The molecule has 2 aliphatic heterocycles. The zero-order valence-corrected chi connectivity index (χ0v) is 25.1. The molecule has 3 saturated carbocycles. The molecule has 1 aromatic carbocycles. The third-order valence-electron chi connectivity index (χ3n) is 12.9. The number of ether oxygens (including phenoxy) is 3. The SMILES string of the molecule is COc1c2c(cc3c1C(CC(=O)C1CCC4C5CC=C6CC(O)CC[C@]6(C)C5CC[C@]14C)[N+](C)(C)CC3)OCO2. The lowest BCUT2D eigenvalue weighted by molar-refractivity contribution is -0.922. The molecule has 1 N–H and O–H groups in total. The first-order chi connectivity index (χ1) is 19.1. The van der Waals surface area contributed by atoms with Crippen LogP contribution in [0.4, 0.5) is 0 Å². The Morgan fingerprint density at radius 3 is 2.75 bits per heavy atom. The molecule has 6 nitrogen and oxygen atoms in total. The Kier molecular flexibility index (Phi) is 6.19. The number of hydrogen-bond acceptors (Lipinski definition) is 5. The lowest BCUT2D eigenvalue weighted by Gasteiger charge is -2.58. The summed E-state index contributed by atoms with van der Waals surface area (Å²) < 4.78 is 18.3. The molecule has 6 aliphatic rings. The van der Waals surface area contributed by atoms with Gasteiger partial charge in [0.25, 0.3) is 0 Å². The van der Waals surface area contributed by atoms with Gasteiger partial charge in [-0.25, -0.2) is 0 Å². The Morgan fingerprint density at radius 2 is 1.95 bits per heavy atom. The van der Waals surface area contributed by atoms with Crippen molar-refractivity contribution in [3.63, 3.8) is 0 Å². The number of rotatable bonds is 4. The minimum absolute atomic E-state index is 0.0486. The van der Waals surface area contributed by atoms with Crippen LogP contribution in [-0.4, -0.2) is 56.0 Å². The highest BCUT2D eigenvalue weighted by Gasteiger charge is 2.60. The standard InChI is InChI=1S/C34H48NO5/c1-33-13-10-22(36)17-21(33)6-7-23-24-8-9-26(34(24,2)14-11-25(23)33)28(37)18-27-30-20(12-15-35(27,3)4)16-29-31(32(30)38-5)40-19-39-29/h6,16,22-27,36H,7-15,17-19H2,1-5H3/q+1/t22?,23?,24?,25?,26?,27?,33-,34-/m0/s1. The fourth-order valence-corrected chi connectivity index (χ4v) is 10.6. The van der Waals surface area contributed by atoms with Gasteiger partial charge in [-0.3, -0.25) is 4.79 Å². The number of ketones is 1. The fraction of sp³-hybridized carbons (Fsp3) is 0.735. The minimum atomic E-state index is -0.162. The predicted octanol–water partition coefficient (Wildman–Crippen LogP) is 6.00. The van der Waals surface area contributed by atoms with Crippen LogP contribution in [0.1, 0.15) is 88.8 Å². The molecule has 1 aromatic rings. The van der Waals surface area contributed by atoms with E-state index in [1.807, 2.05) is 0 Å². The van der Waals surface area contributed by atoms with Gasteiger partial charge in [-0.15, -0.1) is 0 Å². The van der Waals surface area contributed by atoms with Gasteiger partial charge in [-0.1, -0.05) is 25.5 Å². The number of aliphatic hydroxyl groups is 1. The van der Waals surface area contributed by atoms with Gasteiger partial charge < -0.3 is 23.8 Å². The number of quaternary nitrogens is 1. The van der Waals surface area contributed by atoms with Crippen LogP contribution < -0.4 is 14.2 Å². The maximum Gasteiger partial charge on any atom is 0.231 e. The Hall–Kier alpha value is -2.05. The van der Waals surface area contributed by atoms with Crippen molar-refractivity contribution >= 4 is 5.78 Å². The van der Waals surface area contributed by atoms with E-state index in [-0.39, 0.29) is 35.7 Å². The second-order valence-corrected chi connectivity index (χ2v) is 15.0. The van der Waals surface area contributed by atoms with E-state index in [2.05, 4.69) is 40.1 Å². The van der Waals surface area contributed by atoms with Crippen molar-refractivity contribution in [2.45, 2.75) is 90.2 Å². The summed E-state index contributed by atoms with van der Waals surface area (Å²) in [5, 5.41) is 10.4. The Labute approximate surface area is 239 Å². The molecular weight excluding hydrogens is 502 g/mol. The number of likely N-dealkylation sites (N-methyl/N-ethyl adjacent to an activating group) is 1. The number of aliphatic hydroxyl groups excluding tert-OH is 1. The molecule has 0 aromatic heterocycles. The summed E-state index contributed by atoms with van der Waals surface area (Å²) in [5.74, 6) is 4.79. The van der Waals surface area contributed by atoms with Crippen LogP contribution in [0.15, 0.2) is 17.7 Å². The predicted molar refractivity (Wildman–Crippen MR) is 153 cm³/mol. The summed E-state index contributed by atoms with van der Waals surface area (Å²) in [4.78, 5) is 14.4. The molecule has 0 bridgehead atoms. The Balaban J connectivity index is 1.16. The molecule has 0 radical (unpaired) electrons. The lowest BCUT2D eigenvalue weighted by atomic mass is 9.47. The maximum atomic E-state index is 14.4. The van der Waals surface area contributed by atoms with E-state index in [1.54, 1.807) is 7.11 Å². The molecule has 4 aliphatic carbocycles. The van der Waals surface area contributed by atoms with Gasteiger partial charge in [-0.2, -0.15) is 0 Å². The third kappa shape index (κ3) is 3.77. The Morgan fingerprint density at radius 1 is 1.12 bits per heavy atom. The van der Waals surface area contributed by atoms with Crippen molar-refractivity contribution in [3.8, 4) is 17.2 Å². The van der Waals surface area contributed by atoms with Crippen molar-refractivity contribution in [2.24, 2.45) is 34.5 Å². The van der Waals surface area contributed by atoms with E-state index >= 15 is 0 Å². The summed E-state index contributed by atoms with van der Waals surface area (Å²) in [5.41, 5.74) is 4.23. The monoisotopic (exact) mass is 550 g/mol. The summed E-state index contributed by atoms with van der Waals surface area (Å²) in [6, 6.07) is 2.17. The largest absolute Gasteiger partial charge is 0.492 e. The molecule has 8 atom stereocenters. The highest BCUT2D eigenvalue weighted by atomic mass is 16.7. The van der Waals surface area contributed by atoms with Crippen LogP contribution in [0, 0.1) is 34.5 Å². The molecule has 3 fully saturated rings. The first kappa shape index (κ1) is 26.8. The number of carbonyl (C=O) groups excluding carboxylic acids is 1. The topological polar surface area (TPSA) is 65.0 Å². The van der Waals surface area contributed by atoms with Gasteiger partial charge in [-0.05, 0) is 91.6 Å². The van der Waals surface area contributed by atoms with Gasteiger partial charge >= 0.3 is 0 Å². The van der Waals surface area contributed by atoms with Crippen LogP contribution in [0.5, 0.6) is 17.2 Å². The zero-order chi connectivity index (χ0) is 28.0. The van der Waals surface area contributed by atoms with Crippen molar-refractivity contribution in [3.05, 3.63) is 28.8 Å². The number of carbonyl (C=O) groups is 1. The second kappa shape index (κ2) is 9.22. The van der Waals surface area contributed by atoms with Gasteiger partial charge in [0, 0.05) is 12.3 Å².